The van der Waals surface area contributed by atoms with Crippen molar-refractivity contribution in [3.05, 3.63) is 35.9 Å². The summed E-state index contributed by atoms with van der Waals surface area (Å²) in [6, 6.07) is 9.47. The number of nitrogens with one attached hydrogen (secondary N) is 3. The highest BCUT2D eigenvalue weighted by atomic mass is 127. The Bertz CT molecular complexity index is 580. The first-order valence-corrected chi connectivity index (χ1v) is 10.2. The highest BCUT2D eigenvalue weighted by Gasteiger charge is 2.10. The zero-order valence-electron chi connectivity index (χ0n) is 15.1. The molecule has 0 bridgehead atoms. The van der Waals surface area contributed by atoms with Gasteiger partial charge in [0.2, 0.25) is 10.0 Å². The van der Waals surface area contributed by atoms with Gasteiger partial charge in [0.05, 0.1) is 5.75 Å². The molecular weight excluding hydrogens is 451 g/mol. The smallest absolute Gasteiger partial charge is 0.213 e. The number of sulfonamides is 1. The molecule has 0 aliphatic heterocycles. The van der Waals surface area contributed by atoms with Crippen molar-refractivity contribution in [2.45, 2.75) is 39.2 Å². The summed E-state index contributed by atoms with van der Waals surface area (Å²) in [5.74, 6) is 0.654. The van der Waals surface area contributed by atoms with Gasteiger partial charge >= 0.3 is 0 Å². The number of aliphatic imine (C=N–C) groups is 1. The molecule has 0 unspecified atom stereocenters. The van der Waals surface area contributed by atoms with Crippen molar-refractivity contribution < 1.29 is 8.42 Å². The molecule has 144 valence electrons. The van der Waals surface area contributed by atoms with Crippen LogP contribution in [0.4, 0.5) is 0 Å². The lowest BCUT2D eigenvalue weighted by Crippen LogP contribution is -2.41. The average molecular weight is 482 g/mol. The fraction of sp³-hybridized carbons (Fsp3) is 0.588. The molecule has 0 aliphatic rings. The number of rotatable bonds is 11. The van der Waals surface area contributed by atoms with Gasteiger partial charge in [0, 0.05) is 26.7 Å². The van der Waals surface area contributed by atoms with Crippen LogP contribution >= 0.6 is 24.0 Å². The van der Waals surface area contributed by atoms with Crippen LogP contribution in [0.25, 0.3) is 0 Å². The molecule has 0 radical (unpaired) electrons. The molecule has 0 atom stereocenters. The van der Waals surface area contributed by atoms with Crippen molar-refractivity contribution in [2.75, 3.05) is 25.9 Å². The third kappa shape index (κ3) is 12.2. The van der Waals surface area contributed by atoms with Gasteiger partial charge in [0.15, 0.2) is 5.96 Å². The lowest BCUT2D eigenvalue weighted by molar-refractivity contribution is 0.579. The van der Waals surface area contributed by atoms with Crippen LogP contribution in [0, 0.1) is 0 Å². The summed E-state index contributed by atoms with van der Waals surface area (Å²) >= 11 is 0. The molecule has 0 fully saturated rings. The van der Waals surface area contributed by atoms with Crippen LogP contribution in [0.15, 0.2) is 35.3 Å². The number of halogens is 1. The van der Waals surface area contributed by atoms with Crippen LogP contribution in [0.5, 0.6) is 0 Å². The van der Waals surface area contributed by atoms with E-state index in [-0.39, 0.29) is 29.7 Å². The minimum absolute atomic E-state index is 0. The molecule has 1 aromatic carbocycles. The Labute approximate surface area is 169 Å². The Morgan fingerprint density at radius 1 is 1.04 bits per heavy atom. The Kier molecular flexibility index (Phi) is 13.8. The van der Waals surface area contributed by atoms with Gasteiger partial charge in [-0.2, -0.15) is 0 Å². The second-order valence-corrected chi connectivity index (χ2v) is 7.54. The van der Waals surface area contributed by atoms with Crippen LogP contribution in [-0.4, -0.2) is 40.3 Å². The SMILES string of the molecule is CCCCCCNC(=NC)NCCS(=O)(=O)NCc1ccccc1.I. The minimum Gasteiger partial charge on any atom is -0.356 e. The maximum atomic E-state index is 12.0. The predicted molar refractivity (Wildman–Crippen MR) is 116 cm³/mol. The summed E-state index contributed by atoms with van der Waals surface area (Å²) in [6.45, 7) is 3.66. The molecule has 1 aromatic rings. The van der Waals surface area contributed by atoms with Gasteiger partial charge in [0.1, 0.15) is 0 Å². The highest BCUT2D eigenvalue weighted by Crippen LogP contribution is 1.99. The lowest BCUT2D eigenvalue weighted by Gasteiger charge is -2.12. The average Bonchev–Trinajstić information content (AvgIpc) is 2.59. The van der Waals surface area contributed by atoms with Crippen LogP contribution in [0.1, 0.15) is 38.2 Å². The second kappa shape index (κ2) is 14.3. The summed E-state index contributed by atoms with van der Waals surface area (Å²) in [6.07, 6.45) is 4.73. The number of benzene rings is 1. The Balaban J connectivity index is 0.00000576. The van der Waals surface area contributed by atoms with E-state index in [9.17, 15) is 8.42 Å². The first-order valence-electron chi connectivity index (χ1n) is 8.53. The number of nitrogens with zero attached hydrogens (tertiary/aromatic N) is 1. The molecule has 0 amide bonds. The van der Waals surface area contributed by atoms with E-state index in [1.165, 1.54) is 19.3 Å². The van der Waals surface area contributed by atoms with Crippen LogP contribution in [0.3, 0.4) is 0 Å². The fourth-order valence-electron chi connectivity index (χ4n) is 2.14. The Morgan fingerprint density at radius 3 is 2.36 bits per heavy atom. The molecule has 0 aliphatic carbocycles. The molecular formula is C17H31IN4O2S. The zero-order chi connectivity index (χ0) is 17.7. The van der Waals surface area contributed by atoms with Gasteiger partial charge < -0.3 is 10.6 Å². The summed E-state index contributed by atoms with van der Waals surface area (Å²) in [4.78, 5) is 4.10. The van der Waals surface area contributed by atoms with Gasteiger partial charge in [0.25, 0.3) is 0 Å². The van der Waals surface area contributed by atoms with E-state index >= 15 is 0 Å². The van der Waals surface area contributed by atoms with E-state index < -0.39 is 10.0 Å². The number of unbranched alkanes of at least 4 members (excludes halogenated alkanes) is 3. The molecule has 8 heteroatoms. The minimum atomic E-state index is -3.31. The Hall–Kier alpha value is -0.870. The normalized spacial score (nSPS) is 11.7. The third-order valence-electron chi connectivity index (χ3n) is 3.55. The topological polar surface area (TPSA) is 82.6 Å². The third-order valence-corrected chi connectivity index (χ3v) is 4.87. The molecule has 0 spiro atoms. The van der Waals surface area contributed by atoms with E-state index in [0.717, 1.165) is 18.5 Å². The van der Waals surface area contributed by atoms with Gasteiger partial charge in [-0.15, -0.1) is 24.0 Å². The van der Waals surface area contributed by atoms with Crippen molar-refractivity contribution in [2.24, 2.45) is 4.99 Å². The van der Waals surface area contributed by atoms with Crippen molar-refractivity contribution >= 4 is 40.0 Å². The first-order chi connectivity index (χ1) is 11.6. The van der Waals surface area contributed by atoms with Crippen LogP contribution < -0.4 is 15.4 Å². The quantitative estimate of drug-likeness (QED) is 0.196. The molecule has 0 aromatic heterocycles. The standard InChI is InChI=1S/C17H30N4O2S.HI/c1-3-4-5-9-12-19-17(18-2)20-13-14-24(22,23)21-15-16-10-7-6-8-11-16;/h6-8,10-11,21H,3-5,9,12-15H2,1-2H3,(H2,18,19,20);1H. The Morgan fingerprint density at radius 2 is 1.72 bits per heavy atom. The molecule has 1 rings (SSSR count). The van der Waals surface area contributed by atoms with Gasteiger partial charge in [-0.1, -0.05) is 56.5 Å². The van der Waals surface area contributed by atoms with Gasteiger partial charge in [-0.25, -0.2) is 13.1 Å². The monoisotopic (exact) mass is 482 g/mol. The number of guanidine groups is 1. The largest absolute Gasteiger partial charge is 0.356 e. The van der Waals surface area contributed by atoms with Crippen molar-refractivity contribution in [1.29, 1.82) is 0 Å². The van der Waals surface area contributed by atoms with Crippen molar-refractivity contribution in [3.63, 3.8) is 0 Å². The lowest BCUT2D eigenvalue weighted by atomic mass is 10.2. The molecule has 3 N–H and O–H groups in total. The summed E-state index contributed by atoms with van der Waals surface area (Å²) in [5.41, 5.74) is 0.943. The maximum absolute atomic E-state index is 12.0. The van der Waals surface area contributed by atoms with Crippen LogP contribution in [-0.2, 0) is 16.6 Å². The van der Waals surface area contributed by atoms with Crippen molar-refractivity contribution in [1.82, 2.24) is 15.4 Å². The number of hydrogen-bond donors (Lipinski definition) is 3. The predicted octanol–water partition coefficient (Wildman–Crippen LogP) is 2.47. The molecule has 0 saturated carbocycles. The maximum Gasteiger partial charge on any atom is 0.213 e. The molecule has 25 heavy (non-hydrogen) atoms. The van der Waals surface area contributed by atoms with Crippen molar-refractivity contribution in [3.8, 4) is 0 Å². The van der Waals surface area contributed by atoms with Crippen LogP contribution in [0.2, 0.25) is 0 Å². The van der Waals surface area contributed by atoms with Gasteiger partial charge in [-0.3, -0.25) is 4.99 Å². The summed E-state index contributed by atoms with van der Waals surface area (Å²) in [5, 5.41) is 6.23. The fourth-order valence-corrected chi connectivity index (χ4v) is 3.05. The van der Waals surface area contributed by atoms with E-state index in [1.54, 1.807) is 7.05 Å². The zero-order valence-corrected chi connectivity index (χ0v) is 18.3. The summed E-state index contributed by atoms with van der Waals surface area (Å²) in [7, 11) is -1.63. The molecule has 6 nitrogen and oxygen atoms in total. The molecule has 0 heterocycles. The highest BCUT2D eigenvalue weighted by molar-refractivity contribution is 14.0. The van der Waals surface area contributed by atoms with E-state index in [1.807, 2.05) is 30.3 Å². The second-order valence-electron chi connectivity index (χ2n) is 5.61. The number of hydrogen-bond acceptors (Lipinski definition) is 3. The molecule has 0 saturated heterocycles. The van der Waals surface area contributed by atoms with E-state index in [4.69, 9.17) is 0 Å². The summed E-state index contributed by atoms with van der Waals surface area (Å²) < 4.78 is 26.6. The van der Waals surface area contributed by atoms with E-state index in [2.05, 4.69) is 27.3 Å². The first kappa shape index (κ1) is 24.1. The van der Waals surface area contributed by atoms with Gasteiger partial charge in [-0.05, 0) is 12.0 Å². The van der Waals surface area contributed by atoms with E-state index in [0.29, 0.717) is 19.0 Å².